The molecule has 1 N–H and O–H groups in total. The lowest BCUT2D eigenvalue weighted by Gasteiger charge is -2.32. The molecule has 0 saturated carbocycles. The molecule has 0 aliphatic rings. The van der Waals surface area contributed by atoms with Gasteiger partial charge in [0.1, 0.15) is 11.9 Å². The predicted octanol–water partition coefficient (Wildman–Crippen LogP) is 5.45. The van der Waals surface area contributed by atoms with Crippen LogP contribution in [0.1, 0.15) is 28.3 Å². The Morgan fingerprint density at radius 3 is 1.83 bits per heavy atom. The molecule has 0 aliphatic heterocycles. The molecule has 0 spiro atoms. The van der Waals surface area contributed by atoms with Gasteiger partial charge in [-0.2, -0.15) is 0 Å². The van der Waals surface area contributed by atoms with Crippen molar-refractivity contribution < 1.29 is 14.0 Å². The number of nitrogens with zero attached hydrogens (tertiary/aromatic N) is 1. The van der Waals surface area contributed by atoms with Gasteiger partial charge in [-0.15, -0.1) is 0 Å². The fraction of sp³-hybridized carbons (Fsp3) is 0.133. The van der Waals surface area contributed by atoms with Crippen molar-refractivity contribution >= 4 is 11.8 Å². The van der Waals surface area contributed by atoms with E-state index in [0.29, 0.717) is 12.1 Å². The van der Waals surface area contributed by atoms with Gasteiger partial charge >= 0.3 is 0 Å². The Morgan fingerprint density at radius 1 is 0.686 bits per heavy atom. The van der Waals surface area contributed by atoms with Crippen LogP contribution in [-0.2, 0) is 29.1 Å². The summed E-state index contributed by atoms with van der Waals surface area (Å²) in [4.78, 5) is 28.8. The molecule has 176 valence electrons. The van der Waals surface area contributed by atoms with Crippen molar-refractivity contribution in [2.75, 3.05) is 0 Å². The molecule has 0 heterocycles. The van der Waals surface area contributed by atoms with E-state index in [1.54, 1.807) is 17.0 Å². The minimum Gasteiger partial charge on any atom is -0.350 e. The summed E-state index contributed by atoms with van der Waals surface area (Å²) < 4.78 is 13.5. The minimum absolute atomic E-state index is 0.150. The Balaban J connectivity index is 1.66. The van der Waals surface area contributed by atoms with Crippen LogP contribution in [0.5, 0.6) is 0 Å². The third-order valence-electron chi connectivity index (χ3n) is 5.77. The summed E-state index contributed by atoms with van der Waals surface area (Å²) in [5.41, 5.74) is 3.28. The monoisotopic (exact) mass is 466 g/mol. The average Bonchev–Trinajstić information content (AvgIpc) is 2.90. The predicted molar refractivity (Wildman–Crippen MR) is 135 cm³/mol. The van der Waals surface area contributed by atoms with Crippen molar-refractivity contribution in [1.82, 2.24) is 10.2 Å². The zero-order chi connectivity index (χ0) is 24.5. The SMILES string of the molecule is O=C(NCc1ccccc1)C(c1ccccc1)N(Cc1ccc(F)cc1)C(=O)Cc1ccccc1. The van der Waals surface area contributed by atoms with Crippen molar-refractivity contribution in [2.24, 2.45) is 0 Å². The molecular formula is C30H27FN2O2. The van der Waals surface area contributed by atoms with Gasteiger partial charge in [0, 0.05) is 13.1 Å². The molecule has 4 rings (SSSR count). The first-order valence-corrected chi connectivity index (χ1v) is 11.5. The molecule has 2 amide bonds. The van der Waals surface area contributed by atoms with Crippen LogP contribution >= 0.6 is 0 Å². The third-order valence-corrected chi connectivity index (χ3v) is 5.77. The van der Waals surface area contributed by atoms with Gasteiger partial charge in [-0.1, -0.05) is 103 Å². The Bertz CT molecular complexity index is 1230. The summed E-state index contributed by atoms with van der Waals surface area (Å²) in [6.07, 6.45) is 0.150. The number of rotatable bonds is 9. The summed E-state index contributed by atoms with van der Waals surface area (Å²) in [5.74, 6) is -0.816. The maximum Gasteiger partial charge on any atom is 0.247 e. The summed E-state index contributed by atoms with van der Waals surface area (Å²) in [6.45, 7) is 0.518. The number of hydrogen-bond acceptors (Lipinski definition) is 2. The van der Waals surface area contributed by atoms with Gasteiger partial charge in [-0.3, -0.25) is 9.59 Å². The molecular weight excluding hydrogens is 439 g/mol. The summed E-state index contributed by atoms with van der Waals surface area (Å²) >= 11 is 0. The fourth-order valence-corrected chi connectivity index (χ4v) is 3.97. The summed E-state index contributed by atoms with van der Waals surface area (Å²) in [6, 6.07) is 33.5. The van der Waals surface area contributed by atoms with E-state index < -0.39 is 6.04 Å². The maximum atomic E-state index is 13.6. The first kappa shape index (κ1) is 23.9. The van der Waals surface area contributed by atoms with Crippen LogP contribution in [0.3, 0.4) is 0 Å². The zero-order valence-electron chi connectivity index (χ0n) is 19.3. The normalized spacial score (nSPS) is 11.5. The molecule has 1 atom stereocenters. The maximum absolute atomic E-state index is 13.6. The lowest BCUT2D eigenvalue weighted by Crippen LogP contribution is -2.43. The van der Waals surface area contributed by atoms with Gasteiger partial charge in [-0.05, 0) is 34.4 Å². The highest BCUT2D eigenvalue weighted by molar-refractivity contribution is 5.89. The summed E-state index contributed by atoms with van der Waals surface area (Å²) in [7, 11) is 0. The number of carbonyl (C=O) groups is 2. The molecule has 5 heteroatoms. The molecule has 35 heavy (non-hydrogen) atoms. The number of benzene rings is 4. The number of halogens is 1. The largest absolute Gasteiger partial charge is 0.350 e. The highest BCUT2D eigenvalue weighted by atomic mass is 19.1. The molecule has 0 bridgehead atoms. The molecule has 0 saturated heterocycles. The standard InChI is InChI=1S/C30H27FN2O2/c31-27-18-16-25(17-19-27)22-33(28(34)20-23-10-4-1-5-11-23)29(26-14-8-3-9-15-26)30(35)32-21-24-12-6-2-7-13-24/h1-19,29H,20-22H2,(H,32,35). The molecule has 4 nitrogen and oxygen atoms in total. The van der Waals surface area contributed by atoms with Crippen LogP contribution in [0.25, 0.3) is 0 Å². The van der Waals surface area contributed by atoms with Crippen LogP contribution in [0.4, 0.5) is 4.39 Å². The van der Waals surface area contributed by atoms with E-state index in [9.17, 15) is 14.0 Å². The van der Waals surface area contributed by atoms with Crippen molar-refractivity contribution in [2.45, 2.75) is 25.6 Å². The molecule has 0 aromatic heterocycles. The smallest absolute Gasteiger partial charge is 0.247 e. The van der Waals surface area contributed by atoms with Gasteiger partial charge in [-0.25, -0.2) is 4.39 Å². The van der Waals surface area contributed by atoms with Crippen LogP contribution < -0.4 is 5.32 Å². The third kappa shape index (κ3) is 6.64. The second kappa shape index (κ2) is 11.7. The number of nitrogens with one attached hydrogen (secondary N) is 1. The van der Waals surface area contributed by atoms with Crippen LogP contribution in [0, 0.1) is 5.82 Å². The Labute approximate surface area is 205 Å². The average molecular weight is 467 g/mol. The van der Waals surface area contributed by atoms with Crippen LogP contribution in [0.15, 0.2) is 115 Å². The van der Waals surface area contributed by atoms with Crippen molar-refractivity contribution in [1.29, 1.82) is 0 Å². The van der Waals surface area contributed by atoms with Crippen molar-refractivity contribution in [3.63, 3.8) is 0 Å². The van der Waals surface area contributed by atoms with E-state index >= 15 is 0 Å². The minimum atomic E-state index is -0.846. The first-order chi connectivity index (χ1) is 17.1. The lowest BCUT2D eigenvalue weighted by atomic mass is 10.0. The highest BCUT2D eigenvalue weighted by Crippen LogP contribution is 2.25. The van der Waals surface area contributed by atoms with E-state index in [0.717, 1.165) is 16.7 Å². The quantitative estimate of drug-likeness (QED) is 0.356. The van der Waals surface area contributed by atoms with Gasteiger partial charge < -0.3 is 10.2 Å². The van der Waals surface area contributed by atoms with Crippen LogP contribution in [0.2, 0.25) is 0 Å². The molecule has 1 unspecified atom stereocenters. The summed E-state index contributed by atoms with van der Waals surface area (Å²) in [5, 5.41) is 3.00. The molecule has 0 radical (unpaired) electrons. The van der Waals surface area contributed by atoms with E-state index in [2.05, 4.69) is 5.32 Å². The molecule has 0 aliphatic carbocycles. The van der Waals surface area contributed by atoms with Gasteiger partial charge in [0.15, 0.2) is 0 Å². The Kier molecular flexibility index (Phi) is 8.02. The second-order valence-electron chi connectivity index (χ2n) is 8.33. The van der Waals surface area contributed by atoms with E-state index in [1.807, 2.05) is 91.0 Å². The van der Waals surface area contributed by atoms with Crippen molar-refractivity contribution in [3.05, 3.63) is 143 Å². The Morgan fingerprint density at radius 2 is 1.23 bits per heavy atom. The Hall–Kier alpha value is -4.25. The first-order valence-electron chi connectivity index (χ1n) is 11.5. The highest BCUT2D eigenvalue weighted by Gasteiger charge is 2.31. The van der Waals surface area contributed by atoms with Gasteiger partial charge in [0.2, 0.25) is 11.8 Å². The van der Waals surface area contributed by atoms with E-state index in [1.165, 1.54) is 12.1 Å². The zero-order valence-corrected chi connectivity index (χ0v) is 19.3. The second-order valence-corrected chi connectivity index (χ2v) is 8.33. The lowest BCUT2D eigenvalue weighted by molar-refractivity contribution is -0.141. The van der Waals surface area contributed by atoms with Gasteiger partial charge in [0.25, 0.3) is 0 Å². The molecule has 4 aromatic rings. The van der Waals surface area contributed by atoms with Gasteiger partial charge in [0.05, 0.1) is 6.42 Å². The topological polar surface area (TPSA) is 49.4 Å². The number of hydrogen-bond donors (Lipinski definition) is 1. The molecule has 0 fully saturated rings. The van der Waals surface area contributed by atoms with Crippen LogP contribution in [-0.4, -0.2) is 16.7 Å². The van der Waals surface area contributed by atoms with E-state index in [4.69, 9.17) is 0 Å². The van der Waals surface area contributed by atoms with Crippen molar-refractivity contribution in [3.8, 4) is 0 Å². The number of amides is 2. The van der Waals surface area contributed by atoms with E-state index in [-0.39, 0.29) is 30.6 Å². The molecule has 4 aromatic carbocycles. The number of carbonyl (C=O) groups excluding carboxylic acids is 2. The fourth-order valence-electron chi connectivity index (χ4n) is 3.97.